The molecule has 170 valence electrons. The number of nitrogens with zero attached hydrogens (tertiary/aromatic N) is 2. The predicted octanol–water partition coefficient (Wildman–Crippen LogP) is 4.14. The van der Waals surface area contributed by atoms with E-state index in [1.165, 1.54) is 6.08 Å². The molecule has 0 bridgehead atoms. The van der Waals surface area contributed by atoms with E-state index in [0.29, 0.717) is 5.75 Å². The van der Waals surface area contributed by atoms with Crippen molar-refractivity contribution in [2.24, 2.45) is 0 Å². The van der Waals surface area contributed by atoms with Crippen LogP contribution in [0.3, 0.4) is 0 Å². The zero-order chi connectivity index (χ0) is 23.4. The van der Waals surface area contributed by atoms with Crippen LogP contribution in [0.1, 0.15) is 5.56 Å². The topological polar surface area (TPSA) is 44.8 Å². The van der Waals surface area contributed by atoms with Crippen LogP contribution in [0, 0.1) is 23.3 Å². The average Bonchev–Trinajstić information content (AvgIpc) is 2.81. The minimum absolute atomic E-state index is 0.0199. The molecule has 0 spiro atoms. The third kappa shape index (κ3) is 5.13. The van der Waals surface area contributed by atoms with E-state index in [4.69, 9.17) is 28.6 Å². The zero-order valence-electron chi connectivity index (χ0n) is 16.8. The summed E-state index contributed by atoms with van der Waals surface area (Å²) < 4.78 is 60.9. The Labute approximate surface area is 192 Å². The molecule has 0 radical (unpaired) electrons. The van der Waals surface area contributed by atoms with Crippen LogP contribution in [0.2, 0.25) is 5.02 Å². The van der Waals surface area contributed by atoms with Gasteiger partial charge in [-0.15, -0.1) is 0 Å². The molecule has 11 heteroatoms. The molecule has 1 fully saturated rings. The fraction of sp³-hybridized carbons (Fsp3) is 0.238. The summed E-state index contributed by atoms with van der Waals surface area (Å²) in [6.07, 6.45) is 2.92. The summed E-state index contributed by atoms with van der Waals surface area (Å²) >= 11 is 10.5. The number of hydrogen-bond donors (Lipinski definition) is 1. The maximum absolute atomic E-state index is 14.2. The monoisotopic (exact) mass is 487 g/mol. The molecule has 1 heterocycles. The Bertz CT molecular complexity index is 1030. The fourth-order valence-electron chi connectivity index (χ4n) is 3.12. The fourth-order valence-corrected chi connectivity index (χ4v) is 3.57. The highest BCUT2D eigenvalue weighted by atomic mass is 35.5. The number of thiocarbonyl (C=S) groups is 1. The molecular formula is C21H18ClF4N3O2S. The van der Waals surface area contributed by atoms with Crippen LogP contribution in [0.4, 0.5) is 23.2 Å². The maximum Gasteiger partial charge on any atom is 0.250 e. The van der Waals surface area contributed by atoms with Crippen molar-refractivity contribution in [1.29, 1.82) is 0 Å². The normalized spacial score (nSPS) is 14.1. The Morgan fingerprint density at radius 3 is 2.12 bits per heavy atom. The van der Waals surface area contributed by atoms with Gasteiger partial charge in [-0.25, -0.2) is 17.6 Å². The van der Waals surface area contributed by atoms with Gasteiger partial charge >= 0.3 is 0 Å². The number of ether oxygens (including phenoxy) is 1. The minimum atomic E-state index is -1.64. The first kappa shape index (κ1) is 23.8. The number of halogens is 5. The van der Waals surface area contributed by atoms with E-state index < -0.39 is 39.9 Å². The number of carbonyl (C=O) groups excluding carboxylic acids is 1. The van der Waals surface area contributed by atoms with Crippen LogP contribution in [0.25, 0.3) is 6.08 Å². The van der Waals surface area contributed by atoms with Gasteiger partial charge in [0.2, 0.25) is 5.91 Å². The third-order valence-electron chi connectivity index (χ3n) is 4.84. The predicted molar refractivity (Wildman–Crippen MR) is 118 cm³/mol. The number of hydrogen-bond acceptors (Lipinski definition) is 4. The molecule has 5 nitrogen and oxygen atoms in total. The maximum atomic E-state index is 14.2. The number of anilines is 1. The number of carbonyl (C=O) groups is 1. The SMILES string of the molecule is COc1ccc(/C=C/C(=O)NC(=S)N2CCN(c3c(F)c(F)c(Cl)c(F)c3F)CC2)cc1. The summed E-state index contributed by atoms with van der Waals surface area (Å²) in [4.78, 5) is 14.9. The lowest BCUT2D eigenvalue weighted by Crippen LogP contribution is -2.53. The zero-order valence-corrected chi connectivity index (χ0v) is 18.4. The second kappa shape index (κ2) is 10.2. The molecule has 1 aliphatic rings. The molecule has 0 aliphatic carbocycles. The summed E-state index contributed by atoms with van der Waals surface area (Å²) in [6.45, 7) is 0.385. The average molecular weight is 488 g/mol. The quantitative estimate of drug-likeness (QED) is 0.231. The molecule has 0 saturated carbocycles. The largest absolute Gasteiger partial charge is 0.497 e. The van der Waals surface area contributed by atoms with Crippen molar-refractivity contribution in [2.45, 2.75) is 0 Å². The van der Waals surface area contributed by atoms with Gasteiger partial charge in [-0.3, -0.25) is 10.1 Å². The molecular weight excluding hydrogens is 470 g/mol. The van der Waals surface area contributed by atoms with Crippen molar-refractivity contribution >= 4 is 46.6 Å². The summed E-state index contributed by atoms with van der Waals surface area (Å²) in [5.74, 6) is -6.16. The van der Waals surface area contributed by atoms with E-state index in [0.717, 1.165) is 10.5 Å². The van der Waals surface area contributed by atoms with Crippen molar-refractivity contribution in [3.8, 4) is 5.75 Å². The highest BCUT2D eigenvalue weighted by Gasteiger charge is 2.30. The molecule has 1 saturated heterocycles. The summed E-state index contributed by atoms with van der Waals surface area (Å²) in [6, 6.07) is 7.07. The molecule has 1 N–H and O–H groups in total. The van der Waals surface area contributed by atoms with Crippen LogP contribution in [0.15, 0.2) is 30.3 Å². The molecule has 0 aromatic heterocycles. The van der Waals surface area contributed by atoms with Gasteiger partial charge in [-0.2, -0.15) is 0 Å². The first-order valence-electron chi connectivity index (χ1n) is 9.41. The van der Waals surface area contributed by atoms with Crippen LogP contribution in [-0.2, 0) is 4.79 Å². The van der Waals surface area contributed by atoms with Crippen molar-refractivity contribution < 1.29 is 27.1 Å². The van der Waals surface area contributed by atoms with E-state index in [1.54, 1.807) is 42.4 Å². The highest BCUT2D eigenvalue weighted by Crippen LogP contribution is 2.33. The van der Waals surface area contributed by atoms with Gasteiger partial charge in [0, 0.05) is 32.3 Å². The van der Waals surface area contributed by atoms with Crippen LogP contribution >= 0.6 is 23.8 Å². The number of amides is 1. The second-order valence-electron chi connectivity index (χ2n) is 6.79. The highest BCUT2D eigenvalue weighted by molar-refractivity contribution is 7.80. The summed E-state index contributed by atoms with van der Waals surface area (Å²) in [5, 5.41) is 1.45. The van der Waals surface area contributed by atoms with Gasteiger partial charge in [0.15, 0.2) is 28.4 Å². The standard InChI is InChI=1S/C21H18ClF4N3O2S/c1-31-13-5-2-12(3-6-13)4-7-14(30)27-21(32)29-10-8-28(9-11-29)20-18(25)16(23)15(22)17(24)19(20)26/h2-7H,8-11H2,1H3,(H,27,30,32)/b7-4+. The van der Waals surface area contributed by atoms with Gasteiger partial charge < -0.3 is 14.5 Å². The number of rotatable bonds is 4. The summed E-state index contributed by atoms with van der Waals surface area (Å²) in [7, 11) is 1.55. The first-order valence-corrected chi connectivity index (χ1v) is 10.2. The Morgan fingerprint density at radius 2 is 1.59 bits per heavy atom. The van der Waals surface area contributed by atoms with E-state index in [-0.39, 0.29) is 31.3 Å². The molecule has 3 rings (SSSR count). The molecule has 1 aliphatic heterocycles. The molecule has 32 heavy (non-hydrogen) atoms. The second-order valence-corrected chi connectivity index (χ2v) is 7.56. The van der Waals surface area contributed by atoms with E-state index in [9.17, 15) is 22.4 Å². The minimum Gasteiger partial charge on any atom is -0.497 e. The van der Waals surface area contributed by atoms with Crippen molar-refractivity contribution in [3.63, 3.8) is 0 Å². The molecule has 2 aromatic rings. The van der Waals surface area contributed by atoms with Crippen molar-refractivity contribution in [2.75, 3.05) is 38.2 Å². The van der Waals surface area contributed by atoms with Crippen LogP contribution in [0.5, 0.6) is 5.75 Å². The number of methoxy groups -OCH3 is 1. The number of piperazine rings is 1. The molecule has 0 unspecified atom stereocenters. The number of nitrogens with one attached hydrogen (secondary N) is 1. The van der Waals surface area contributed by atoms with Crippen molar-refractivity contribution in [1.82, 2.24) is 10.2 Å². The van der Waals surface area contributed by atoms with E-state index in [2.05, 4.69) is 5.32 Å². The lowest BCUT2D eigenvalue weighted by molar-refractivity contribution is -0.115. The molecule has 1 amide bonds. The Morgan fingerprint density at radius 1 is 1.03 bits per heavy atom. The van der Waals surface area contributed by atoms with Gasteiger partial charge in [-0.05, 0) is 36.0 Å². The smallest absolute Gasteiger partial charge is 0.250 e. The number of benzene rings is 2. The molecule has 0 atom stereocenters. The lowest BCUT2D eigenvalue weighted by Gasteiger charge is -2.37. The van der Waals surface area contributed by atoms with E-state index in [1.807, 2.05) is 0 Å². The van der Waals surface area contributed by atoms with E-state index >= 15 is 0 Å². The van der Waals surface area contributed by atoms with Gasteiger partial charge in [-0.1, -0.05) is 23.7 Å². The lowest BCUT2D eigenvalue weighted by atomic mass is 10.2. The van der Waals surface area contributed by atoms with Gasteiger partial charge in [0.05, 0.1) is 7.11 Å². The van der Waals surface area contributed by atoms with Crippen LogP contribution < -0.4 is 15.0 Å². The summed E-state index contributed by atoms with van der Waals surface area (Å²) in [5.41, 5.74) is -0.0339. The third-order valence-corrected chi connectivity index (χ3v) is 5.53. The van der Waals surface area contributed by atoms with Gasteiger partial charge in [0.1, 0.15) is 16.5 Å². The Balaban J connectivity index is 1.58. The van der Waals surface area contributed by atoms with Gasteiger partial charge in [0.25, 0.3) is 0 Å². The Hall–Kier alpha value is -2.85. The van der Waals surface area contributed by atoms with Crippen molar-refractivity contribution in [3.05, 3.63) is 64.2 Å². The Kier molecular flexibility index (Phi) is 7.57. The van der Waals surface area contributed by atoms with Crippen LogP contribution in [-0.4, -0.2) is 49.2 Å². The molecule has 2 aromatic carbocycles. The first-order chi connectivity index (χ1) is 15.2.